The summed E-state index contributed by atoms with van der Waals surface area (Å²) in [6.07, 6.45) is 11.8. The summed E-state index contributed by atoms with van der Waals surface area (Å²) in [7, 11) is 3.05. The number of Topliss-reactive ketones (excluding diaryl/α,β-unsaturated/α-hetero) is 1. The SMILES string of the molecule is CO[C@@H]1CC(C[C@@H](C)C2CC(O)[C@H](C)/C=C(\C)[C@H](O)[C@@H](OC)C(O)[C@H](C)C[C@H](C)/C=C/C=C/C=C(\C)C(C)(C)C[C@@H]3CC[C@@H](C)[C@@](O)(O3)C(=O)C(=O)N3CCCC[C@H]3C(=O)O2)CC[C@H]1O. The lowest BCUT2D eigenvalue weighted by Crippen LogP contribution is -2.61. The van der Waals surface area contributed by atoms with Crippen LogP contribution in [0.1, 0.15) is 139 Å². The summed E-state index contributed by atoms with van der Waals surface area (Å²) in [5, 5.41) is 57.3. The molecule has 13 nitrogen and oxygen atoms in total. The van der Waals surface area contributed by atoms with E-state index in [9.17, 15) is 39.9 Å². The second-order valence-electron chi connectivity index (χ2n) is 21.1. The third-order valence-corrected chi connectivity index (χ3v) is 15.4. The van der Waals surface area contributed by atoms with Gasteiger partial charge in [0.1, 0.15) is 24.4 Å². The number of aliphatic hydroxyl groups is 5. The first kappa shape index (κ1) is 54.9. The first-order valence-electron chi connectivity index (χ1n) is 24.5. The van der Waals surface area contributed by atoms with Crippen LogP contribution in [-0.2, 0) is 33.3 Å². The minimum atomic E-state index is -2.37. The van der Waals surface area contributed by atoms with Gasteiger partial charge in [-0.15, -0.1) is 0 Å². The number of methoxy groups -OCH3 is 2. The zero-order valence-electron chi connectivity index (χ0n) is 41.4. The molecule has 370 valence electrons. The molecule has 0 aromatic rings. The number of piperidine rings is 1. The van der Waals surface area contributed by atoms with Gasteiger partial charge in [0.2, 0.25) is 5.79 Å². The van der Waals surface area contributed by atoms with Crippen molar-refractivity contribution in [1.29, 1.82) is 0 Å². The molecule has 0 aromatic carbocycles. The minimum Gasteiger partial charge on any atom is -0.460 e. The lowest BCUT2D eigenvalue weighted by atomic mass is 9.76. The van der Waals surface area contributed by atoms with Crippen molar-refractivity contribution in [2.24, 2.45) is 40.9 Å². The van der Waals surface area contributed by atoms with Crippen LogP contribution in [0, 0.1) is 40.9 Å². The maximum atomic E-state index is 14.4. The van der Waals surface area contributed by atoms with Gasteiger partial charge in [0.15, 0.2) is 0 Å². The number of ether oxygens (including phenoxy) is 4. The quantitative estimate of drug-likeness (QED) is 0.111. The Hall–Kier alpha value is -2.75. The Kier molecular flexibility index (Phi) is 20.7. The molecular formula is C52H85NO12. The number of amides is 1. The van der Waals surface area contributed by atoms with E-state index in [0.717, 1.165) is 12.0 Å². The number of allylic oxidation sites excluding steroid dienone is 6. The molecule has 1 aliphatic carbocycles. The van der Waals surface area contributed by atoms with Gasteiger partial charge in [0.25, 0.3) is 11.7 Å². The maximum Gasteiger partial charge on any atom is 0.329 e. The van der Waals surface area contributed by atoms with Crippen LogP contribution >= 0.6 is 0 Å². The van der Waals surface area contributed by atoms with Crippen molar-refractivity contribution in [3.63, 3.8) is 0 Å². The monoisotopic (exact) mass is 916 g/mol. The Morgan fingerprint density at radius 1 is 0.862 bits per heavy atom. The summed E-state index contributed by atoms with van der Waals surface area (Å²) in [4.78, 5) is 44.2. The van der Waals surface area contributed by atoms with Gasteiger partial charge in [-0.3, -0.25) is 9.59 Å². The smallest absolute Gasteiger partial charge is 0.329 e. The Bertz CT molecular complexity index is 1690. The average molecular weight is 916 g/mol. The van der Waals surface area contributed by atoms with E-state index in [2.05, 4.69) is 26.8 Å². The van der Waals surface area contributed by atoms with Gasteiger partial charge < -0.3 is 49.4 Å². The standard InChI is InChI=1S/C52H85NO12/c1-31-17-13-12-14-18-36(6)51(8,9)30-39-22-20-37(7)52(61,65-39)48(58)49(59)53-24-16-15-19-40(53)50(60)64-43(33(3)27-38-21-23-41(54)44(28-38)62-10)29-42(55)32(2)26-35(5)46(57)47(63-11)45(56)34(4)25-31/h12-14,17-18,26,31-34,37-47,54-57,61H,15-16,19-25,27-30H2,1-11H3/b14-12+,17-13+,35-26+,36-18+/t31-,32-,33-,34-,37-,38?,39+,40+,41-,42?,43?,44-,45?,46+,47+,52-/m1/s1. The number of esters is 1. The third-order valence-electron chi connectivity index (χ3n) is 15.4. The molecule has 3 heterocycles. The molecule has 1 saturated carbocycles. The van der Waals surface area contributed by atoms with E-state index >= 15 is 0 Å². The molecule has 3 aliphatic heterocycles. The van der Waals surface area contributed by atoms with Gasteiger partial charge in [0, 0.05) is 39.0 Å². The van der Waals surface area contributed by atoms with Crippen LogP contribution in [0.5, 0.6) is 0 Å². The highest BCUT2D eigenvalue weighted by atomic mass is 16.6. The molecule has 3 fully saturated rings. The number of aliphatic hydroxyl groups excluding tert-OH is 4. The van der Waals surface area contributed by atoms with Crippen molar-refractivity contribution in [3.8, 4) is 0 Å². The number of fused-ring (bicyclic) bond motifs is 3. The van der Waals surface area contributed by atoms with Crippen molar-refractivity contribution in [3.05, 3.63) is 47.6 Å². The van der Waals surface area contributed by atoms with Crippen LogP contribution in [0.25, 0.3) is 0 Å². The Labute approximate surface area is 389 Å². The number of ketones is 1. The van der Waals surface area contributed by atoms with Crippen LogP contribution in [0.15, 0.2) is 47.6 Å². The van der Waals surface area contributed by atoms with Crippen molar-refractivity contribution < 1.29 is 58.9 Å². The van der Waals surface area contributed by atoms with Gasteiger partial charge in [0.05, 0.1) is 30.5 Å². The topological polar surface area (TPSA) is 193 Å². The van der Waals surface area contributed by atoms with Crippen LogP contribution in [-0.4, -0.2) is 130 Å². The molecule has 1 amide bonds. The highest BCUT2D eigenvalue weighted by Crippen LogP contribution is 2.41. The van der Waals surface area contributed by atoms with E-state index in [1.165, 1.54) is 12.0 Å². The Morgan fingerprint density at radius 3 is 2.25 bits per heavy atom. The fourth-order valence-electron chi connectivity index (χ4n) is 10.5. The van der Waals surface area contributed by atoms with E-state index in [0.29, 0.717) is 63.4 Å². The lowest BCUT2D eigenvalue weighted by Gasteiger charge is -2.44. The van der Waals surface area contributed by atoms with E-state index in [1.54, 1.807) is 27.0 Å². The zero-order valence-corrected chi connectivity index (χ0v) is 41.4. The zero-order chi connectivity index (χ0) is 48.4. The van der Waals surface area contributed by atoms with Gasteiger partial charge in [-0.2, -0.15) is 0 Å². The summed E-state index contributed by atoms with van der Waals surface area (Å²) in [5.41, 5.74) is 1.20. The number of carbonyl (C=O) groups is 3. The Balaban J connectivity index is 1.70. The maximum absolute atomic E-state index is 14.4. The lowest BCUT2D eigenvalue weighted by molar-refractivity contribution is -0.266. The van der Waals surface area contributed by atoms with Crippen LogP contribution < -0.4 is 0 Å². The largest absolute Gasteiger partial charge is 0.460 e. The molecule has 5 N–H and O–H groups in total. The van der Waals surface area contributed by atoms with Crippen LogP contribution in [0.3, 0.4) is 0 Å². The Morgan fingerprint density at radius 2 is 1.57 bits per heavy atom. The van der Waals surface area contributed by atoms with Crippen molar-refractivity contribution in [2.45, 2.75) is 200 Å². The minimum absolute atomic E-state index is 0.0437. The first-order valence-corrected chi connectivity index (χ1v) is 24.5. The third kappa shape index (κ3) is 14.4. The highest BCUT2D eigenvalue weighted by Gasteiger charge is 2.53. The number of nitrogens with zero attached hydrogens (tertiary/aromatic N) is 1. The molecule has 4 rings (SSSR count). The summed E-state index contributed by atoms with van der Waals surface area (Å²) >= 11 is 0. The van der Waals surface area contributed by atoms with Crippen molar-refractivity contribution in [1.82, 2.24) is 4.90 Å². The van der Waals surface area contributed by atoms with Crippen LogP contribution in [0.2, 0.25) is 0 Å². The molecule has 2 bridgehead atoms. The molecule has 65 heavy (non-hydrogen) atoms. The molecule has 0 aromatic heterocycles. The van der Waals surface area contributed by atoms with Crippen LogP contribution in [0.4, 0.5) is 0 Å². The van der Waals surface area contributed by atoms with Gasteiger partial charge in [-0.25, -0.2) is 4.79 Å². The molecule has 13 heteroatoms. The van der Waals surface area contributed by atoms with Gasteiger partial charge in [-0.1, -0.05) is 90.5 Å². The molecule has 4 aliphatic rings. The van der Waals surface area contributed by atoms with E-state index < -0.39 is 84.1 Å². The molecule has 2 saturated heterocycles. The van der Waals surface area contributed by atoms with E-state index in [1.807, 2.05) is 52.0 Å². The fraction of sp³-hybridized carbons (Fsp3) is 0.788. The van der Waals surface area contributed by atoms with Gasteiger partial charge >= 0.3 is 5.97 Å². The molecular weight excluding hydrogens is 831 g/mol. The number of hydrogen-bond acceptors (Lipinski definition) is 12. The fourth-order valence-corrected chi connectivity index (χ4v) is 10.5. The van der Waals surface area contributed by atoms with E-state index in [-0.39, 0.29) is 54.6 Å². The second-order valence-corrected chi connectivity index (χ2v) is 21.1. The summed E-state index contributed by atoms with van der Waals surface area (Å²) in [6, 6.07) is -1.09. The van der Waals surface area contributed by atoms with E-state index in [4.69, 9.17) is 18.9 Å². The van der Waals surface area contributed by atoms with Gasteiger partial charge in [-0.05, 0) is 119 Å². The molecule has 0 radical (unpaired) electrons. The first-order chi connectivity index (χ1) is 30.5. The number of hydrogen-bond donors (Lipinski definition) is 5. The highest BCUT2D eigenvalue weighted by molar-refractivity contribution is 6.39. The number of cyclic esters (lactones) is 1. The second kappa shape index (κ2) is 24.5. The molecule has 0 spiro atoms. The summed E-state index contributed by atoms with van der Waals surface area (Å²) in [5.74, 6) is -6.50. The molecule has 16 atom stereocenters. The summed E-state index contributed by atoms with van der Waals surface area (Å²) in [6.45, 7) is 17.6. The normalized spacial score (nSPS) is 42.3. The number of carbonyl (C=O) groups excluding carboxylic acids is 3. The number of rotatable bonds is 5. The predicted octanol–water partition coefficient (Wildman–Crippen LogP) is 6.78. The summed E-state index contributed by atoms with van der Waals surface area (Å²) < 4.78 is 23.9. The van der Waals surface area contributed by atoms with Crippen molar-refractivity contribution >= 4 is 17.7 Å². The van der Waals surface area contributed by atoms with Crippen molar-refractivity contribution in [2.75, 3.05) is 20.8 Å². The molecule has 4 unspecified atom stereocenters. The average Bonchev–Trinajstić information content (AvgIpc) is 3.26. The predicted molar refractivity (Wildman–Crippen MR) is 250 cm³/mol.